The lowest BCUT2D eigenvalue weighted by Crippen LogP contribution is -2.31. The van der Waals surface area contributed by atoms with Gasteiger partial charge in [-0.3, -0.25) is 14.7 Å². The number of carbonyl (C=O) groups excluding carboxylic acids is 2. The summed E-state index contributed by atoms with van der Waals surface area (Å²) in [6.45, 7) is 3.67. The van der Waals surface area contributed by atoms with E-state index in [1.54, 1.807) is 35.1 Å². The van der Waals surface area contributed by atoms with Crippen molar-refractivity contribution in [2.24, 2.45) is 0 Å². The lowest BCUT2D eigenvalue weighted by molar-refractivity contribution is 0.0954. The predicted molar refractivity (Wildman–Crippen MR) is 137 cm³/mol. The van der Waals surface area contributed by atoms with Crippen LogP contribution >= 0.6 is 11.3 Å². The van der Waals surface area contributed by atoms with Crippen LogP contribution in [-0.2, 0) is 13.1 Å². The van der Waals surface area contributed by atoms with Gasteiger partial charge in [-0.1, -0.05) is 47.7 Å². The number of pyridine rings is 1. The van der Waals surface area contributed by atoms with Crippen LogP contribution in [-0.4, -0.2) is 39.9 Å². The van der Waals surface area contributed by atoms with Gasteiger partial charge in [0.05, 0.1) is 11.4 Å². The molecule has 0 bridgehead atoms. The van der Waals surface area contributed by atoms with Crippen LogP contribution in [0.5, 0.6) is 0 Å². The van der Waals surface area contributed by atoms with E-state index in [0.717, 1.165) is 22.4 Å². The van der Waals surface area contributed by atoms with Gasteiger partial charge < -0.3 is 10.2 Å². The summed E-state index contributed by atoms with van der Waals surface area (Å²) in [5.74, 6) is -0.487. The molecule has 2 aromatic heterocycles. The van der Waals surface area contributed by atoms with Crippen molar-refractivity contribution in [1.29, 1.82) is 0 Å². The van der Waals surface area contributed by atoms with Gasteiger partial charge in [-0.05, 0) is 48.4 Å². The summed E-state index contributed by atoms with van der Waals surface area (Å²) in [6.07, 6.45) is 1.73. The normalized spacial score (nSPS) is 13.3. The third kappa shape index (κ3) is 5.11. The van der Waals surface area contributed by atoms with Gasteiger partial charge in [0.15, 0.2) is 5.13 Å². The quantitative estimate of drug-likeness (QED) is 0.386. The Balaban J connectivity index is 1.21. The first-order valence-electron chi connectivity index (χ1n) is 11.5. The number of nitrogens with zero attached hydrogens (tertiary/aromatic N) is 4. The van der Waals surface area contributed by atoms with Gasteiger partial charge >= 0.3 is 6.03 Å². The highest BCUT2D eigenvalue weighted by atomic mass is 32.1. The second-order valence-corrected chi connectivity index (χ2v) is 9.47. The molecule has 0 radical (unpaired) electrons. The number of carbonyl (C=O) groups is 2. The molecule has 0 unspecified atom stereocenters. The van der Waals surface area contributed by atoms with Crippen LogP contribution in [0.4, 0.5) is 14.3 Å². The summed E-state index contributed by atoms with van der Waals surface area (Å²) in [5.41, 5.74) is 4.08. The number of anilines is 1. The van der Waals surface area contributed by atoms with E-state index >= 15 is 0 Å². The van der Waals surface area contributed by atoms with E-state index < -0.39 is 0 Å². The number of aryl methyl sites for hydroxylation is 1. The number of amides is 3. The van der Waals surface area contributed by atoms with E-state index in [1.165, 1.54) is 23.5 Å². The summed E-state index contributed by atoms with van der Waals surface area (Å²) >= 11 is 1.23. The monoisotopic (exact) mass is 501 g/mol. The number of hydrogen-bond donors (Lipinski definition) is 1. The van der Waals surface area contributed by atoms with E-state index in [4.69, 9.17) is 0 Å². The van der Waals surface area contributed by atoms with Crippen LogP contribution < -0.4 is 10.2 Å². The fourth-order valence-electron chi connectivity index (χ4n) is 4.00. The zero-order valence-corrected chi connectivity index (χ0v) is 20.5. The molecule has 2 aromatic carbocycles. The van der Waals surface area contributed by atoms with Gasteiger partial charge in [-0.2, -0.15) is 0 Å². The highest BCUT2D eigenvalue weighted by Gasteiger charge is 2.32. The maximum atomic E-state index is 13.2. The Morgan fingerprint density at radius 1 is 1.03 bits per heavy atom. The third-order valence-electron chi connectivity index (χ3n) is 5.95. The van der Waals surface area contributed by atoms with Crippen molar-refractivity contribution in [3.63, 3.8) is 0 Å². The number of nitrogens with one attached hydrogen (secondary N) is 1. The number of benzene rings is 2. The Labute approximate surface area is 212 Å². The molecule has 182 valence electrons. The smallest absolute Gasteiger partial charge is 0.326 e. The largest absolute Gasteiger partial charge is 0.347 e. The Kier molecular flexibility index (Phi) is 6.73. The molecule has 4 aromatic rings. The Hall–Kier alpha value is -4.11. The molecule has 3 amide bonds. The maximum absolute atomic E-state index is 13.2. The number of rotatable bonds is 7. The molecule has 36 heavy (non-hydrogen) atoms. The summed E-state index contributed by atoms with van der Waals surface area (Å²) in [4.78, 5) is 38.7. The summed E-state index contributed by atoms with van der Waals surface area (Å²) in [5, 5.41) is 3.45. The van der Waals surface area contributed by atoms with Gasteiger partial charge in [0, 0.05) is 37.9 Å². The van der Waals surface area contributed by atoms with E-state index in [2.05, 4.69) is 15.3 Å². The van der Waals surface area contributed by atoms with Crippen molar-refractivity contribution < 1.29 is 14.0 Å². The molecule has 1 aliphatic heterocycles. The molecule has 7 nitrogen and oxygen atoms in total. The number of urea groups is 1. The Bertz CT molecular complexity index is 1370. The van der Waals surface area contributed by atoms with Crippen molar-refractivity contribution in [2.75, 3.05) is 18.0 Å². The van der Waals surface area contributed by atoms with Crippen molar-refractivity contribution in [3.05, 3.63) is 100 Å². The first-order valence-corrected chi connectivity index (χ1v) is 12.4. The van der Waals surface area contributed by atoms with Crippen LogP contribution in [0.15, 0.2) is 72.9 Å². The minimum Gasteiger partial charge on any atom is -0.347 e. The standard InChI is InChI=1S/C27H24FN5O2S/c1-18-24(25(34)30-15-19-5-3-2-4-6-19)36-26(31-18)33-14-13-32(27(33)35)17-20-7-12-23(29-16-20)21-8-10-22(28)11-9-21/h2-12,16H,13-15,17H2,1H3,(H,30,34). The molecule has 0 aliphatic carbocycles. The molecule has 1 N–H and O–H groups in total. The molecule has 3 heterocycles. The van der Waals surface area contributed by atoms with E-state index in [-0.39, 0.29) is 17.8 Å². The summed E-state index contributed by atoms with van der Waals surface area (Å²) in [6, 6.07) is 19.5. The molecular formula is C27H24FN5O2S. The predicted octanol–water partition coefficient (Wildman–Crippen LogP) is 5.02. The van der Waals surface area contributed by atoms with Crippen LogP contribution in [0, 0.1) is 12.7 Å². The average molecular weight is 502 g/mol. The van der Waals surface area contributed by atoms with Crippen molar-refractivity contribution in [2.45, 2.75) is 20.0 Å². The van der Waals surface area contributed by atoms with Crippen molar-refractivity contribution >= 4 is 28.4 Å². The van der Waals surface area contributed by atoms with Gasteiger partial charge in [-0.25, -0.2) is 14.2 Å². The van der Waals surface area contributed by atoms with Crippen LogP contribution in [0.25, 0.3) is 11.3 Å². The lowest BCUT2D eigenvalue weighted by atomic mass is 10.1. The van der Waals surface area contributed by atoms with Gasteiger partial charge in [-0.15, -0.1) is 0 Å². The number of halogens is 1. The third-order valence-corrected chi connectivity index (χ3v) is 7.13. The van der Waals surface area contributed by atoms with Gasteiger partial charge in [0.1, 0.15) is 10.7 Å². The highest BCUT2D eigenvalue weighted by molar-refractivity contribution is 7.17. The van der Waals surface area contributed by atoms with Gasteiger partial charge in [0.25, 0.3) is 5.91 Å². The van der Waals surface area contributed by atoms with E-state index in [1.807, 2.05) is 42.5 Å². The van der Waals surface area contributed by atoms with Crippen LogP contribution in [0.3, 0.4) is 0 Å². The lowest BCUT2D eigenvalue weighted by Gasteiger charge is -2.17. The average Bonchev–Trinajstić information content (AvgIpc) is 3.46. The van der Waals surface area contributed by atoms with E-state index in [0.29, 0.717) is 41.9 Å². The van der Waals surface area contributed by atoms with Crippen molar-refractivity contribution in [3.8, 4) is 11.3 Å². The minimum absolute atomic E-state index is 0.150. The zero-order valence-electron chi connectivity index (χ0n) is 19.6. The molecule has 0 atom stereocenters. The fraction of sp³-hybridized carbons (Fsp3) is 0.185. The highest BCUT2D eigenvalue weighted by Crippen LogP contribution is 2.29. The molecule has 1 saturated heterocycles. The van der Waals surface area contributed by atoms with Crippen LogP contribution in [0.1, 0.15) is 26.5 Å². The Morgan fingerprint density at radius 3 is 2.53 bits per heavy atom. The topological polar surface area (TPSA) is 78.4 Å². The second kappa shape index (κ2) is 10.2. The maximum Gasteiger partial charge on any atom is 0.326 e. The molecule has 9 heteroatoms. The van der Waals surface area contributed by atoms with E-state index in [9.17, 15) is 14.0 Å². The molecule has 1 aliphatic rings. The van der Waals surface area contributed by atoms with Crippen molar-refractivity contribution in [1.82, 2.24) is 20.2 Å². The summed E-state index contributed by atoms with van der Waals surface area (Å²) < 4.78 is 13.2. The first kappa shape index (κ1) is 23.6. The molecule has 0 spiro atoms. The SMILES string of the molecule is Cc1nc(N2CCN(Cc3ccc(-c4ccc(F)cc4)nc3)C2=O)sc1C(=O)NCc1ccccc1. The first-order chi connectivity index (χ1) is 17.5. The van der Waals surface area contributed by atoms with Gasteiger partial charge in [0.2, 0.25) is 0 Å². The molecule has 5 rings (SSSR count). The molecule has 0 saturated carbocycles. The second-order valence-electron chi connectivity index (χ2n) is 8.49. The fourth-order valence-corrected chi connectivity index (χ4v) is 5.01. The number of hydrogen-bond acceptors (Lipinski definition) is 5. The zero-order chi connectivity index (χ0) is 25.1. The Morgan fingerprint density at radius 2 is 1.81 bits per heavy atom. The molecular weight excluding hydrogens is 477 g/mol. The summed E-state index contributed by atoms with van der Waals surface area (Å²) in [7, 11) is 0. The number of thiazole rings is 1. The molecule has 1 fully saturated rings. The van der Waals surface area contributed by atoms with Crippen LogP contribution in [0.2, 0.25) is 0 Å². The number of aromatic nitrogens is 2. The minimum atomic E-state index is -0.289.